The minimum atomic E-state index is 0.0752. The van der Waals surface area contributed by atoms with E-state index < -0.39 is 0 Å². The molecule has 1 amide bonds. The second-order valence-electron chi connectivity index (χ2n) is 3.41. The third-order valence-electron chi connectivity index (χ3n) is 2.54. The first kappa shape index (κ1) is 11.6. The molecule has 0 bridgehead atoms. The van der Waals surface area contributed by atoms with Crippen molar-refractivity contribution >= 4 is 11.6 Å². The fourth-order valence-electron chi connectivity index (χ4n) is 1.42. The van der Waals surface area contributed by atoms with Crippen LogP contribution in [-0.2, 0) is 11.3 Å². The molecule has 1 heterocycles. The Bertz CT molecular complexity index is 341. The predicted molar refractivity (Wildman–Crippen MR) is 59.3 cm³/mol. The number of rotatable bonds is 4. The van der Waals surface area contributed by atoms with Crippen LogP contribution in [0, 0.1) is 6.92 Å². The van der Waals surface area contributed by atoms with Crippen LogP contribution in [0.4, 0.5) is 5.69 Å². The van der Waals surface area contributed by atoms with E-state index in [9.17, 15) is 4.79 Å². The Hall–Kier alpha value is -1.52. The van der Waals surface area contributed by atoms with Gasteiger partial charge in [-0.2, -0.15) is 5.10 Å². The molecule has 0 atom stereocenters. The zero-order valence-corrected chi connectivity index (χ0v) is 9.53. The van der Waals surface area contributed by atoms with Gasteiger partial charge in [0.25, 0.3) is 0 Å². The third-order valence-corrected chi connectivity index (χ3v) is 2.54. The molecule has 0 spiro atoms. The van der Waals surface area contributed by atoms with Gasteiger partial charge in [0.05, 0.1) is 17.6 Å². The molecular formula is C10H18N4O. The van der Waals surface area contributed by atoms with Crippen LogP contribution in [0.1, 0.15) is 19.5 Å². The van der Waals surface area contributed by atoms with E-state index in [1.165, 1.54) is 0 Å². The Balaban J connectivity index is 2.70. The van der Waals surface area contributed by atoms with E-state index in [1.54, 1.807) is 15.8 Å². The topological polar surface area (TPSA) is 64.2 Å². The Morgan fingerprint density at radius 2 is 2.13 bits per heavy atom. The summed E-state index contributed by atoms with van der Waals surface area (Å²) in [4.78, 5) is 13.5. The minimum Gasteiger partial charge on any atom is -0.396 e. The first-order valence-corrected chi connectivity index (χ1v) is 5.15. The Kier molecular flexibility index (Phi) is 3.71. The lowest BCUT2D eigenvalue weighted by Crippen LogP contribution is -2.33. The van der Waals surface area contributed by atoms with E-state index in [2.05, 4.69) is 5.10 Å². The average molecular weight is 210 g/mol. The second kappa shape index (κ2) is 4.82. The van der Waals surface area contributed by atoms with Gasteiger partial charge in [-0.05, 0) is 20.8 Å². The number of carbonyl (C=O) groups is 1. The lowest BCUT2D eigenvalue weighted by molar-refractivity contribution is -0.131. The van der Waals surface area contributed by atoms with Gasteiger partial charge in [0, 0.05) is 13.1 Å². The van der Waals surface area contributed by atoms with Crippen molar-refractivity contribution in [2.75, 3.05) is 18.8 Å². The van der Waals surface area contributed by atoms with Crippen LogP contribution in [0.2, 0.25) is 0 Å². The van der Waals surface area contributed by atoms with Crippen LogP contribution in [0.15, 0.2) is 6.20 Å². The first-order chi connectivity index (χ1) is 7.10. The highest BCUT2D eigenvalue weighted by Gasteiger charge is 2.12. The summed E-state index contributed by atoms with van der Waals surface area (Å²) in [5, 5.41) is 4.05. The molecule has 0 aliphatic carbocycles. The summed E-state index contributed by atoms with van der Waals surface area (Å²) in [6.07, 6.45) is 1.57. The number of aromatic nitrogens is 2. The standard InChI is InChI=1S/C10H18N4O/c1-4-13(5-2)10(15)7-14-8(3)9(11)6-12-14/h6H,4-5,7,11H2,1-3H3. The highest BCUT2D eigenvalue weighted by molar-refractivity contribution is 5.76. The van der Waals surface area contributed by atoms with Crippen molar-refractivity contribution in [3.05, 3.63) is 11.9 Å². The molecule has 15 heavy (non-hydrogen) atoms. The minimum absolute atomic E-state index is 0.0752. The normalized spacial score (nSPS) is 10.3. The molecule has 0 aliphatic rings. The highest BCUT2D eigenvalue weighted by Crippen LogP contribution is 2.08. The van der Waals surface area contributed by atoms with E-state index in [4.69, 9.17) is 5.73 Å². The Morgan fingerprint density at radius 3 is 2.53 bits per heavy atom. The maximum absolute atomic E-state index is 11.8. The molecule has 84 valence electrons. The summed E-state index contributed by atoms with van der Waals surface area (Å²) in [5.74, 6) is 0.0752. The fourth-order valence-corrected chi connectivity index (χ4v) is 1.42. The van der Waals surface area contributed by atoms with Crippen molar-refractivity contribution in [3.63, 3.8) is 0 Å². The van der Waals surface area contributed by atoms with Crippen LogP contribution in [0.25, 0.3) is 0 Å². The van der Waals surface area contributed by atoms with Crippen LogP contribution >= 0.6 is 0 Å². The van der Waals surface area contributed by atoms with Crippen molar-refractivity contribution < 1.29 is 4.79 Å². The summed E-state index contributed by atoms with van der Waals surface area (Å²) in [7, 11) is 0. The molecule has 0 saturated carbocycles. The molecule has 0 aliphatic heterocycles. The van der Waals surface area contributed by atoms with Crippen molar-refractivity contribution in [3.8, 4) is 0 Å². The fraction of sp³-hybridized carbons (Fsp3) is 0.600. The average Bonchev–Trinajstić information content (AvgIpc) is 2.52. The monoisotopic (exact) mass is 210 g/mol. The van der Waals surface area contributed by atoms with Crippen LogP contribution in [0.3, 0.4) is 0 Å². The maximum Gasteiger partial charge on any atom is 0.244 e. The van der Waals surface area contributed by atoms with E-state index >= 15 is 0 Å². The predicted octanol–water partition coefficient (Wildman–Crippen LogP) is 0.642. The summed E-state index contributed by atoms with van der Waals surface area (Å²) in [6.45, 7) is 7.51. The number of anilines is 1. The number of amides is 1. The molecule has 0 radical (unpaired) electrons. The molecular weight excluding hydrogens is 192 g/mol. The number of nitrogen functional groups attached to an aromatic ring is 1. The molecule has 0 unspecified atom stereocenters. The molecule has 5 nitrogen and oxygen atoms in total. The number of likely N-dealkylation sites (N-methyl/N-ethyl adjacent to an activating group) is 1. The summed E-state index contributed by atoms with van der Waals surface area (Å²) >= 11 is 0. The first-order valence-electron chi connectivity index (χ1n) is 5.15. The van der Waals surface area contributed by atoms with Gasteiger partial charge in [-0.3, -0.25) is 9.48 Å². The number of hydrogen-bond acceptors (Lipinski definition) is 3. The molecule has 0 saturated heterocycles. The van der Waals surface area contributed by atoms with Gasteiger partial charge in [0.2, 0.25) is 5.91 Å². The molecule has 0 aromatic carbocycles. The van der Waals surface area contributed by atoms with Gasteiger partial charge in [-0.25, -0.2) is 0 Å². The molecule has 1 aromatic heterocycles. The van der Waals surface area contributed by atoms with Gasteiger partial charge in [0.15, 0.2) is 0 Å². The van der Waals surface area contributed by atoms with E-state index in [1.807, 2.05) is 20.8 Å². The molecule has 2 N–H and O–H groups in total. The van der Waals surface area contributed by atoms with Crippen molar-refractivity contribution in [1.82, 2.24) is 14.7 Å². The molecule has 5 heteroatoms. The number of carbonyl (C=O) groups excluding carboxylic acids is 1. The van der Waals surface area contributed by atoms with Crippen LogP contribution in [0.5, 0.6) is 0 Å². The maximum atomic E-state index is 11.8. The summed E-state index contributed by atoms with van der Waals surface area (Å²) in [6, 6.07) is 0. The van der Waals surface area contributed by atoms with E-state index in [-0.39, 0.29) is 12.5 Å². The van der Waals surface area contributed by atoms with Gasteiger partial charge < -0.3 is 10.6 Å². The number of nitrogens with zero attached hydrogens (tertiary/aromatic N) is 3. The quantitative estimate of drug-likeness (QED) is 0.793. The highest BCUT2D eigenvalue weighted by atomic mass is 16.2. The summed E-state index contributed by atoms with van der Waals surface area (Å²) in [5.41, 5.74) is 7.12. The zero-order valence-electron chi connectivity index (χ0n) is 9.53. The summed E-state index contributed by atoms with van der Waals surface area (Å²) < 4.78 is 1.63. The van der Waals surface area contributed by atoms with Crippen LogP contribution in [-0.4, -0.2) is 33.7 Å². The number of hydrogen-bond donors (Lipinski definition) is 1. The van der Waals surface area contributed by atoms with Gasteiger partial charge in [-0.15, -0.1) is 0 Å². The van der Waals surface area contributed by atoms with Crippen molar-refractivity contribution in [2.45, 2.75) is 27.3 Å². The lowest BCUT2D eigenvalue weighted by atomic mass is 10.4. The molecule has 1 aromatic rings. The van der Waals surface area contributed by atoms with E-state index in [0.717, 1.165) is 18.8 Å². The largest absolute Gasteiger partial charge is 0.396 e. The van der Waals surface area contributed by atoms with Gasteiger partial charge in [0.1, 0.15) is 6.54 Å². The number of nitrogens with two attached hydrogens (primary N) is 1. The Morgan fingerprint density at radius 1 is 1.53 bits per heavy atom. The SMILES string of the molecule is CCN(CC)C(=O)Cn1ncc(N)c1C. The van der Waals surface area contributed by atoms with Gasteiger partial charge in [-0.1, -0.05) is 0 Å². The van der Waals surface area contributed by atoms with Crippen molar-refractivity contribution in [2.24, 2.45) is 0 Å². The Labute approximate surface area is 89.9 Å². The van der Waals surface area contributed by atoms with Crippen molar-refractivity contribution in [1.29, 1.82) is 0 Å². The second-order valence-corrected chi connectivity index (χ2v) is 3.41. The molecule has 1 rings (SSSR count). The van der Waals surface area contributed by atoms with Crippen LogP contribution < -0.4 is 5.73 Å². The smallest absolute Gasteiger partial charge is 0.244 e. The van der Waals surface area contributed by atoms with E-state index in [0.29, 0.717) is 5.69 Å². The third kappa shape index (κ3) is 2.49. The zero-order chi connectivity index (χ0) is 11.4. The van der Waals surface area contributed by atoms with Gasteiger partial charge >= 0.3 is 0 Å². The lowest BCUT2D eigenvalue weighted by Gasteiger charge is -2.18. The molecule has 0 fully saturated rings.